The molecule has 0 aliphatic carbocycles. The third-order valence-corrected chi connectivity index (χ3v) is 4.68. The van der Waals surface area contributed by atoms with E-state index in [1.165, 1.54) is 0 Å². The molecule has 0 amide bonds. The second-order valence-corrected chi connectivity index (χ2v) is 6.78. The van der Waals surface area contributed by atoms with Gasteiger partial charge in [-0.3, -0.25) is 4.99 Å². The van der Waals surface area contributed by atoms with Crippen molar-refractivity contribution in [1.29, 1.82) is 0 Å². The standard InChI is InChI=1S/C22H22N6/c1-13-7-16(10-21(23)26-13)19-9-17-12-25-22(11-20(17)28-19)27-18-6-4-5-15(8-18)14(2)24-3/h4-12,28H,1-3H3,(H2,23,26)(H,25,27). The lowest BCUT2D eigenvalue weighted by Crippen LogP contribution is -1.97. The number of pyridine rings is 2. The second-order valence-electron chi connectivity index (χ2n) is 6.78. The molecule has 140 valence electrons. The number of fused-ring (bicyclic) bond motifs is 1. The van der Waals surface area contributed by atoms with Gasteiger partial charge in [-0.1, -0.05) is 12.1 Å². The summed E-state index contributed by atoms with van der Waals surface area (Å²) in [5.74, 6) is 1.29. The number of hydrogen-bond acceptors (Lipinski definition) is 5. The lowest BCUT2D eigenvalue weighted by atomic mass is 10.1. The van der Waals surface area contributed by atoms with Gasteiger partial charge in [0, 0.05) is 53.0 Å². The fourth-order valence-corrected chi connectivity index (χ4v) is 3.20. The summed E-state index contributed by atoms with van der Waals surface area (Å²) in [5.41, 5.74) is 12.8. The first-order valence-electron chi connectivity index (χ1n) is 9.06. The van der Waals surface area contributed by atoms with Crippen molar-refractivity contribution in [3.8, 4) is 11.3 Å². The topological polar surface area (TPSA) is 92.0 Å². The van der Waals surface area contributed by atoms with Crippen LogP contribution in [-0.2, 0) is 0 Å². The van der Waals surface area contributed by atoms with Crippen LogP contribution in [0.3, 0.4) is 0 Å². The minimum absolute atomic E-state index is 0.514. The minimum Gasteiger partial charge on any atom is -0.384 e. The molecule has 0 aliphatic rings. The number of aliphatic imine (C=N–C) groups is 1. The number of H-pyrrole nitrogens is 1. The average Bonchev–Trinajstić information content (AvgIpc) is 3.10. The third kappa shape index (κ3) is 3.57. The predicted molar refractivity (Wildman–Crippen MR) is 116 cm³/mol. The summed E-state index contributed by atoms with van der Waals surface area (Å²) in [6.07, 6.45) is 1.86. The number of hydrogen-bond donors (Lipinski definition) is 3. The van der Waals surface area contributed by atoms with Crippen molar-refractivity contribution < 1.29 is 0 Å². The molecule has 0 atom stereocenters. The van der Waals surface area contributed by atoms with E-state index in [-0.39, 0.29) is 0 Å². The summed E-state index contributed by atoms with van der Waals surface area (Å²) in [6.45, 7) is 3.93. The van der Waals surface area contributed by atoms with Gasteiger partial charge in [0.1, 0.15) is 11.6 Å². The van der Waals surface area contributed by atoms with Crippen LogP contribution >= 0.6 is 0 Å². The van der Waals surface area contributed by atoms with E-state index in [0.29, 0.717) is 5.82 Å². The lowest BCUT2D eigenvalue weighted by molar-refractivity contribution is 1.21. The molecule has 6 nitrogen and oxygen atoms in total. The molecule has 0 fully saturated rings. The van der Waals surface area contributed by atoms with Crippen LogP contribution in [0.15, 0.2) is 59.7 Å². The zero-order valence-corrected chi connectivity index (χ0v) is 16.1. The van der Waals surface area contributed by atoms with Crippen LogP contribution in [0.2, 0.25) is 0 Å². The maximum Gasteiger partial charge on any atom is 0.132 e. The van der Waals surface area contributed by atoms with Crippen molar-refractivity contribution >= 4 is 33.9 Å². The van der Waals surface area contributed by atoms with Gasteiger partial charge in [-0.25, -0.2) is 9.97 Å². The number of nitrogens with two attached hydrogens (primary N) is 1. The number of aromatic amines is 1. The van der Waals surface area contributed by atoms with E-state index in [1.807, 2.05) is 56.4 Å². The van der Waals surface area contributed by atoms with Gasteiger partial charge in [-0.05, 0) is 49.7 Å². The monoisotopic (exact) mass is 370 g/mol. The first kappa shape index (κ1) is 17.7. The van der Waals surface area contributed by atoms with Crippen LogP contribution in [0.25, 0.3) is 22.2 Å². The molecule has 3 heterocycles. The summed E-state index contributed by atoms with van der Waals surface area (Å²) in [6, 6.07) is 16.1. The average molecular weight is 370 g/mol. The summed E-state index contributed by atoms with van der Waals surface area (Å²) in [7, 11) is 1.80. The van der Waals surface area contributed by atoms with E-state index in [2.05, 4.69) is 37.4 Å². The number of aromatic nitrogens is 3. The molecule has 4 aromatic rings. The Morgan fingerprint density at radius 1 is 1.14 bits per heavy atom. The molecule has 1 aromatic carbocycles. The molecule has 6 heteroatoms. The molecule has 28 heavy (non-hydrogen) atoms. The first-order valence-corrected chi connectivity index (χ1v) is 9.06. The van der Waals surface area contributed by atoms with Crippen LogP contribution in [0.5, 0.6) is 0 Å². The Labute approximate surface area is 163 Å². The van der Waals surface area contributed by atoms with E-state index in [9.17, 15) is 0 Å². The highest BCUT2D eigenvalue weighted by Gasteiger charge is 2.07. The van der Waals surface area contributed by atoms with Gasteiger partial charge >= 0.3 is 0 Å². The van der Waals surface area contributed by atoms with Gasteiger partial charge < -0.3 is 16.0 Å². The summed E-state index contributed by atoms with van der Waals surface area (Å²) < 4.78 is 0. The fourth-order valence-electron chi connectivity index (χ4n) is 3.20. The number of nitrogens with one attached hydrogen (secondary N) is 2. The number of rotatable bonds is 4. The lowest BCUT2D eigenvalue weighted by Gasteiger charge is -2.07. The fraction of sp³-hybridized carbons (Fsp3) is 0.136. The molecule has 0 saturated heterocycles. The smallest absolute Gasteiger partial charge is 0.132 e. The molecular formula is C22H22N6. The van der Waals surface area contributed by atoms with Crippen LogP contribution < -0.4 is 11.1 Å². The maximum absolute atomic E-state index is 5.89. The molecule has 0 bridgehead atoms. The molecule has 0 spiro atoms. The zero-order chi connectivity index (χ0) is 19.7. The third-order valence-electron chi connectivity index (χ3n) is 4.68. The highest BCUT2D eigenvalue weighted by molar-refractivity contribution is 5.99. The molecule has 0 radical (unpaired) electrons. The van der Waals surface area contributed by atoms with Crippen molar-refractivity contribution in [3.63, 3.8) is 0 Å². The maximum atomic E-state index is 5.89. The SMILES string of the molecule is CN=C(C)c1cccc(Nc2cc3[nH]c(-c4cc(C)nc(N)c4)cc3cn2)c1. The molecule has 4 N–H and O–H groups in total. The van der Waals surface area contributed by atoms with Crippen LogP contribution in [0.4, 0.5) is 17.3 Å². The van der Waals surface area contributed by atoms with Gasteiger partial charge in [0.05, 0.1) is 5.52 Å². The molecule has 0 saturated carbocycles. The normalized spacial score (nSPS) is 11.8. The Balaban J connectivity index is 1.65. The Morgan fingerprint density at radius 3 is 2.79 bits per heavy atom. The van der Waals surface area contributed by atoms with Crippen LogP contribution in [0, 0.1) is 6.92 Å². The van der Waals surface area contributed by atoms with Crippen LogP contribution in [0.1, 0.15) is 18.2 Å². The van der Waals surface area contributed by atoms with E-state index in [4.69, 9.17) is 5.73 Å². The summed E-state index contributed by atoms with van der Waals surface area (Å²) in [5, 5.41) is 4.40. The molecule has 0 unspecified atom stereocenters. The van der Waals surface area contributed by atoms with E-state index < -0.39 is 0 Å². The Hall–Kier alpha value is -3.67. The Bertz CT molecular complexity index is 1170. The Kier molecular flexibility index (Phi) is 4.53. The van der Waals surface area contributed by atoms with Gasteiger partial charge in [0.2, 0.25) is 0 Å². The van der Waals surface area contributed by atoms with E-state index >= 15 is 0 Å². The van der Waals surface area contributed by atoms with Crippen molar-refractivity contribution in [1.82, 2.24) is 15.0 Å². The molecule has 4 rings (SSSR count). The number of anilines is 3. The van der Waals surface area contributed by atoms with Gasteiger partial charge in [0.25, 0.3) is 0 Å². The number of benzene rings is 1. The van der Waals surface area contributed by atoms with E-state index in [1.54, 1.807) is 7.05 Å². The molecule has 3 aromatic heterocycles. The quantitative estimate of drug-likeness (QED) is 0.454. The van der Waals surface area contributed by atoms with Crippen molar-refractivity contribution in [3.05, 3.63) is 66.0 Å². The van der Waals surface area contributed by atoms with Crippen LogP contribution in [-0.4, -0.2) is 27.7 Å². The molecular weight excluding hydrogens is 348 g/mol. The highest BCUT2D eigenvalue weighted by Crippen LogP contribution is 2.27. The van der Waals surface area contributed by atoms with Gasteiger partial charge in [0.15, 0.2) is 0 Å². The predicted octanol–water partition coefficient (Wildman–Crippen LogP) is 4.70. The number of nitrogens with zero attached hydrogens (tertiary/aromatic N) is 3. The number of nitrogen functional groups attached to an aromatic ring is 1. The largest absolute Gasteiger partial charge is 0.384 e. The van der Waals surface area contributed by atoms with Crippen molar-refractivity contribution in [2.45, 2.75) is 13.8 Å². The van der Waals surface area contributed by atoms with Crippen molar-refractivity contribution in [2.24, 2.45) is 4.99 Å². The summed E-state index contributed by atoms with van der Waals surface area (Å²) in [4.78, 5) is 16.5. The minimum atomic E-state index is 0.514. The first-order chi connectivity index (χ1) is 13.5. The van der Waals surface area contributed by atoms with Gasteiger partial charge in [-0.15, -0.1) is 0 Å². The number of aryl methyl sites for hydroxylation is 1. The molecule has 0 aliphatic heterocycles. The van der Waals surface area contributed by atoms with E-state index in [0.717, 1.165) is 50.6 Å². The van der Waals surface area contributed by atoms with Gasteiger partial charge in [-0.2, -0.15) is 0 Å². The summed E-state index contributed by atoms with van der Waals surface area (Å²) >= 11 is 0. The highest BCUT2D eigenvalue weighted by atomic mass is 15.0. The zero-order valence-electron chi connectivity index (χ0n) is 16.1. The second kappa shape index (κ2) is 7.15. The van der Waals surface area contributed by atoms with Crippen molar-refractivity contribution in [2.75, 3.05) is 18.1 Å². The Morgan fingerprint density at radius 2 is 2.00 bits per heavy atom.